The Labute approximate surface area is 166 Å². The molecule has 2 aromatic carbocycles. The van der Waals surface area contributed by atoms with E-state index in [0.29, 0.717) is 6.42 Å². The number of hydrogen-bond donors (Lipinski definition) is 1. The molecule has 142 valence electrons. The zero-order chi connectivity index (χ0) is 19.1. The average molecular weight is 370 g/mol. The molecule has 0 aromatic heterocycles. The summed E-state index contributed by atoms with van der Waals surface area (Å²) in [6, 6.07) is 19.1. The molecule has 0 unspecified atom stereocenters. The maximum Gasteiger partial charge on any atom is 0.164 e. The van der Waals surface area contributed by atoms with Crippen LogP contribution in [-0.4, -0.2) is 12.3 Å². The number of hydrogen-bond acceptors (Lipinski definition) is 3. The minimum absolute atomic E-state index is 0.138. The van der Waals surface area contributed by atoms with Crippen molar-refractivity contribution < 1.29 is 4.79 Å². The molecule has 2 aliphatic carbocycles. The number of nitrogens with zero attached hydrogens (tertiary/aromatic N) is 1. The molecular weight excluding hydrogens is 344 g/mol. The lowest BCUT2D eigenvalue weighted by Crippen LogP contribution is -2.43. The average Bonchev–Trinajstić information content (AvgIpc) is 2.72. The van der Waals surface area contributed by atoms with Gasteiger partial charge in [0.2, 0.25) is 0 Å². The lowest BCUT2D eigenvalue weighted by Gasteiger charge is -2.39. The van der Waals surface area contributed by atoms with Crippen LogP contribution in [0, 0.1) is 0 Å². The number of ketones is 1. The molecule has 28 heavy (non-hydrogen) atoms. The van der Waals surface area contributed by atoms with Gasteiger partial charge in [0.1, 0.15) is 0 Å². The van der Waals surface area contributed by atoms with Gasteiger partial charge in [0.05, 0.1) is 0 Å². The predicted molar refractivity (Wildman–Crippen MR) is 114 cm³/mol. The van der Waals surface area contributed by atoms with Gasteiger partial charge in [0.25, 0.3) is 0 Å². The Morgan fingerprint density at radius 2 is 1.64 bits per heavy atom. The van der Waals surface area contributed by atoms with Crippen molar-refractivity contribution in [2.45, 2.75) is 44.1 Å². The largest absolute Gasteiger partial charge is 0.340 e. The van der Waals surface area contributed by atoms with Crippen molar-refractivity contribution in [3.8, 4) is 0 Å². The lowest BCUT2D eigenvalue weighted by molar-refractivity contribution is -0.115. The molecule has 5 rings (SSSR count). The third kappa shape index (κ3) is 2.91. The first kappa shape index (κ1) is 17.4. The van der Waals surface area contributed by atoms with Crippen molar-refractivity contribution in [2.75, 3.05) is 11.4 Å². The van der Waals surface area contributed by atoms with Crippen LogP contribution in [0.1, 0.15) is 49.7 Å². The predicted octanol–water partition coefficient (Wildman–Crippen LogP) is 4.94. The minimum atomic E-state index is -0.138. The van der Waals surface area contributed by atoms with E-state index in [2.05, 4.69) is 59.5 Å². The Morgan fingerprint density at radius 3 is 2.32 bits per heavy atom. The van der Waals surface area contributed by atoms with Crippen molar-refractivity contribution in [1.29, 1.82) is 0 Å². The monoisotopic (exact) mass is 370 g/mol. The highest BCUT2D eigenvalue weighted by atomic mass is 16.1. The maximum atomic E-state index is 12.7. The number of Topliss-reactive ketones (excluding diaryl/α,β-unsaturated/α-hetero) is 1. The van der Waals surface area contributed by atoms with Gasteiger partial charge in [0, 0.05) is 35.5 Å². The molecule has 0 amide bonds. The summed E-state index contributed by atoms with van der Waals surface area (Å²) >= 11 is 0. The first-order valence-electron chi connectivity index (χ1n) is 10.3. The van der Waals surface area contributed by atoms with E-state index in [9.17, 15) is 4.79 Å². The van der Waals surface area contributed by atoms with E-state index in [1.54, 1.807) is 0 Å². The first-order valence-corrected chi connectivity index (χ1v) is 10.3. The van der Waals surface area contributed by atoms with Gasteiger partial charge in [-0.1, -0.05) is 42.5 Å². The Balaban J connectivity index is 1.53. The number of carbonyl (C=O) groups is 1. The topological polar surface area (TPSA) is 46.3 Å². The maximum absolute atomic E-state index is 12.7. The SMILES string of the molecule is NC1(c2ccc(N3CC(c4ccccc4)=CC4=C3CCCC4=O)cc2)CCC1. The second-order valence-corrected chi connectivity index (χ2v) is 8.32. The third-order valence-electron chi connectivity index (χ3n) is 6.55. The molecule has 0 spiro atoms. The van der Waals surface area contributed by atoms with Crippen LogP contribution in [0.15, 0.2) is 71.9 Å². The van der Waals surface area contributed by atoms with Gasteiger partial charge in [-0.2, -0.15) is 0 Å². The standard InChI is InChI=1S/C25H26N2O/c26-25(14-5-15-25)20-10-12-21(13-11-20)27-17-19(18-6-2-1-3-7-18)16-22-23(27)8-4-9-24(22)28/h1-3,6-7,10-13,16H,4-5,8-9,14-15,17,26H2. The highest BCUT2D eigenvalue weighted by molar-refractivity contribution is 6.03. The summed E-state index contributed by atoms with van der Waals surface area (Å²) in [5.41, 5.74) is 13.2. The molecule has 1 fully saturated rings. The van der Waals surface area contributed by atoms with Crippen LogP contribution in [0.3, 0.4) is 0 Å². The summed E-state index contributed by atoms with van der Waals surface area (Å²) in [4.78, 5) is 15.0. The Bertz CT molecular complexity index is 965. The van der Waals surface area contributed by atoms with Crippen molar-refractivity contribution >= 4 is 17.0 Å². The van der Waals surface area contributed by atoms with Crippen LogP contribution < -0.4 is 10.6 Å². The highest BCUT2D eigenvalue weighted by Crippen LogP contribution is 2.41. The molecular formula is C25H26N2O. The smallest absolute Gasteiger partial charge is 0.164 e. The second-order valence-electron chi connectivity index (χ2n) is 8.32. The van der Waals surface area contributed by atoms with Crippen LogP contribution in [0.25, 0.3) is 5.57 Å². The molecule has 2 N–H and O–H groups in total. The number of allylic oxidation sites excluding steroid dienone is 3. The van der Waals surface area contributed by atoms with E-state index in [-0.39, 0.29) is 11.3 Å². The van der Waals surface area contributed by atoms with Crippen LogP contribution in [-0.2, 0) is 10.3 Å². The lowest BCUT2D eigenvalue weighted by atomic mass is 9.73. The van der Waals surface area contributed by atoms with Crippen molar-refractivity contribution in [3.05, 3.63) is 83.1 Å². The Hall–Kier alpha value is -2.65. The van der Waals surface area contributed by atoms with Crippen LogP contribution >= 0.6 is 0 Å². The van der Waals surface area contributed by atoms with Crippen LogP contribution in [0.2, 0.25) is 0 Å². The summed E-state index contributed by atoms with van der Waals surface area (Å²) in [6.07, 6.45) is 8.03. The van der Waals surface area contributed by atoms with Gasteiger partial charge in [-0.25, -0.2) is 0 Å². The number of carbonyl (C=O) groups excluding carboxylic acids is 1. The molecule has 2 aromatic rings. The van der Waals surface area contributed by atoms with E-state index in [0.717, 1.165) is 43.5 Å². The fraction of sp³-hybridized carbons (Fsp3) is 0.320. The third-order valence-corrected chi connectivity index (χ3v) is 6.55. The fourth-order valence-electron chi connectivity index (χ4n) is 4.67. The van der Waals surface area contributed by atoms with Gasteiger partial charge in [-0.05, 0) is 67.0 Å². The number of benzene rings is 2. The summed E-state index contributed by atoms with van der Waals surface area (Å²) in [7, 11) is 0. The molecule has 1 heterocycles. The van der Waals surface area contributed by atoms with Gasteiger partial charge in [-0.15, -0.1) is 0 Å². The molecule has 0 bridgehead atoms. The van der Waals surface area contributed by atoms with Gasteiger partial charge in [0.15, 0.2) is 5.78 Å². The summed E-state index contributed by atoms with van der Waals surface area (Å²) in [5.74, 6) is 0.270. The number of nitrogens with two attached hydrogens (primary N) is 1. The van der Waals surface area contributed by atoms with E-state index >= 15 is 0 Å². The summed E-state index contributed by atoms with van der Waals surface area (Å²) in [5, 5.41) is 0. The molecule has 0 radical (unpaired) electrons. The second kappa shape index (κ2) is 6.75. The van der Waals surface area contributed by atoms with Gasteiger partial charge < -0.3 is 10.6 Å². The van der Waals surface area contributed by atoms with E-state index in [1.807, 2.05) is 6.07 Å². The zero-order valence-corrected chi connectivity index (χ0v) is 16.2. The quantitative estimate of drug-likeness (QED) is 0.833. The summed E-state index contributed by atoms with van der Waals surface area (Å²) in [6.45, 7) is 0.795. The molecule has 0 atom stereocenters. The van der Waals surface area contributed by atoms with E-state index in [1.165, 1.54) is 28.8 Å². The highest BCUT2D eigenvalue weighted by Gasteiger charge is 2.34. The van der Waals surface area contributed by atoms with Crippen molar-refractivity contribution in [2.24, 2.45) is 5.73 Å². The van der Waals surface area contributed by atoms with E-state index < -0.39 is 0 Å². The summed E-state index contributed by atoms with van der Waals surface area (Å²) < 4.78 is 0. The fourth-order valence-corrected chi connectivity index (χ4v) is 4.67. The van der Waals surface area contributed by atoms with Crippen molar-refractivity contribution in [3.63, 3.8) is 0 Å². The van der Waals surface area contributed by atoms with Gasteiger partial charge >= 0.3 is 0 Å². The minimum Gasteiger partial charge on any atom is -0.340 e. The van der Waals surface area contributed by atoms with Crippen LogP contribution in [0.5, 0.6) is 0 Å². The first-order chi connectivity index (χ1) is 13.6. The molecule has 3 nitrogen and oxygen atoms in total. The number of rotatable bonds is 3. The Morgan fingerprint density at radius 1 is 0.893 bits per heavy atom. The number of anilines is 1. The Kier molecular flexibility index (Phi) is 4.21. The molecule has 0 saturated heterocycles. The van der Waals surface area contributed by atoms with E-state index in [4.69, 9.17) is 5.73 Å². The molecule has 1 saturated carbocycles. The molecule has 3 aliphatic rings. The molecule has 3 heteroatoms. The molecule has 1 aliphatic heterocycles. The van der Waals surface area contributed by atoms with Crippen molar-refractivity contribution in [1.82, 2.24) is 0 Å². The zero-order valence-electron chi connectivity index (χ0n) is 16.2. The van der Waals surface area contributed by atoms with Crippen LogP contribution in [0.4, 0.5) is 5.69 Å². The van der Waals surface area contributed by atoms with Gasteiger partial charge in [-0.3, -0.25) is 4.79 Å². The normalized spacial score (nSPS) is 21.1.